The second kappa shape index (κ2) is 5.56. The molecule has 1 heterocycles. The number of amides is 1. The number of likely N-dealkylation sites (tertiary alicyclic amines) is 1. The second-order valence-corrected chi connectivity index (χ2v) is 5.76. The van der Waals surface area contributed by atoms with Gasteiger partial charge in [0.2, 0.25) is 0 Å². The van der Waals surface area contributed by atoms with Crippen LogP contribution in [0, 0.1) is 0 Å². The van der Waals surface area contributed by atoms with E-state index in [-0.39, 0.29) is 18.2 Å². The number of piperidine rings is 1. The zero-order valence-electron chi connectivity index (χ0n) is 11.7. The van der Waals surface area contributed by atoms with E-state index in [0.717, 1.165) is 12.8 Å². The molecule has 0 aromatic heterocycles. The van der Waals surface area contributed by atoms with E-state index in [4.69, 9.17) is 4.74 Å². The summed E-state index contributed by atoms with van der Waals surface area (Å²) in [6.07, 6.45) is 7.20. The van der Waals surface area contributed by atoms with Crippen LogP contribution >= 0.6 is 0 Å². The maximum Gasteiger partial charge on any atom is 0.411 e. The first kappa shape index (κ1) is 14.1. The van der Waals surface area contributed by atoms with E-state index in [0.29, 0.717) is 0 Å². The highest BCUT2D eigenvalue weighted by Crippen LogP contribution is 2.25. The standard InChI is InChI=1S/C14H25NO2/c1-6-8-12-10-7-9-11(2)15(12)13(16)17-14(3,4)5/h6,8,11-12H,7,9-10H2,1-5H3/b8-6+/t11-,12+/m0/s1. The Labute approximate surface area is 105 Å². The van der Waals surface area contributed by atoms with Crippen molar-refractivity contribution in [2.45, 2.75) is 71.6 Å². The van der Waals surface area contributed by atoms with Gasteiger partial charge in [0.05, 0.1) is 6.04 Å². The fourth-order valence-corrected chi connectivity index (χ4v) is 2.27. The van der Waals surface area contributed by atoms with E-state index in [2.05, 4.69) is 13.0 Å². The molecular formula is C14H25NO2. The molecule has 0 unspecified atom stereocenters. The Bertz CT molecular complexity index is 291. The maximum atomic E-state index is 12.2. The summed E-state index contributed by atoms with van der Waals surface area (Å²) >= 11 is 0. The second-order valence-electron chi connectivity index (χ2n) is 5.76. The van der Waals surface area contributed by atoms with Gasteiger partial charge in [-0.1, -0.05) is 12.2 Å². The first-order chi connectivity index (χ1) is 7.85. The van der Waals surface area contributed by atoms with Gasteiger partial charge >= 0.3 is 6.09 Å². The van der Waals surface area contributed by atoms with Crippen molar-refractivity contribution < 1.29 is 9.53 Å². The van der Waals surface area contributed by atoms with Gasteiger partial charge in [-0.3, -0.25) is 4.90 Å². The molecule has 0 radical (unpaired) electrons. The van der Waals surface area contributed by atoms with E-state index in [1.807, 2.05) is 38.7 Å². The molecule has 0 aromatic carbocycles. The van der Waals surface area contributed by atoms with Crippen LogP contribution in [-0.4, -0.2) is 28.7 Å². The average Bonchev–Trinajstić information content (AvgIpc) is 2.15. The van der Waals surface area contributed by atoms with Gasteiger partial charge in [0.1, 0.15) is 5.60 Å². The quantitative estimate of drug-likeness (QED) is 0.652. The lowest BCUT2D eigenvalue weighted by Crippen LogP contribution is -2.49. The molecule has 0 saturated carbocycles. The molecule has 0 aromatic rings. The van der Waals surface area contributed by atoms with Crippen LogP contribution in [0.1, 0.15) is 53.9 Å². The third-order valence-corrected chi connectivity index (χ3v) is 2.97. The van der Waals surface area contributed by atoms with Gasteiger partial charge < -0.3 is 4.74 Å². The van der Waals surface area contributed by atoms with Crippen molar-refractivity contribution in [2.24, 2.45) is 0 Å². The van der Waals surface area contributed by atoms with Crippen molar-refractivity contribution in [3.63, 3.8) is 0 Å². The predicted octanol–water partition coefficient (Wildman–Crippen LogP) is 3.74. The first-order valence-electron chi connectivity index (χ1n) is 6.49. The van der Waals surface area contributed by atoms with Crippen molar-refractivity contribution in [1.82, 2.24) is 4.90 Å². The Kier molecular flexibility index (Phi) is 4.61. The summed E-state index contributed by atoms with van der Waals surface area (Å²) in [5, 5.41) is 0. The van der Waals surface area contributed by atoms with Crippen LogP contribution in [0.15, 0.2) is 12.2 Å². The fourth-order valence-electron chi connectivity index (χ4n) is 2.27. The molecule has 17 heavy (non-hydrogen) atoms. The van der Waals surface area contributed by atoms with Crippen molar-refractivity contribution in [3.05, 3.63) is 12.2 Å². The Morgan fingerprint density at radius 2 is 2.00 bits per heavy atom. The Hall–Kier alpha value is -0.990. The first-order valence-corrected chi connectivity index (χ1v) is 6.49. The van der Waals surface area contributed by atoms with Crippen molar-refractivity contribution in [2.75, 3.05) is 0 Å². The summed E-state index contributed by atoms with van der Waals surface area (Å²) in [6, 6.07) is 0.457. The fraction of sp³-hybridized carbons (Fsp3) is 0.786. The number of nitrogens with zero attached hydrogens (tertiary/aromatic N) is 1. The lowest BCUT2D eigenvalue weighted by molar-refractivity contribution is 0.00360. The minimum Gasteiger partial charge on any atom is -0.444 e. The number of carbonyl (C=O) groups excluding carboxylic acids is 1. The number of hydrogen-bond donors (Lipinski definition) is 0. The van der Waals surface area contributed by atoms with E-state index < -0.39 is 5.60 Å². The number of hydrogen-bond acceptors (Lipinski definition) is 2. The molecule has 1 fully saturated rings. The lowest BCUT2D eigenvalue weighted by Gasteiger charge is -2.39. The monoisotopic (exact) mass is 239 g/mol. The van der Waals surface area contributed by atoms with Crippen LogP contribution in [0.2, 0.25) is 0 Å². The molecular weight excluding hydrogens is 214 g/mol. The molecule has 3 nitrogen and oxygen atoms in total. The molecule has 3 heteroatoms. The zero-order valence-corrected chi connectivity index (χ0v) is 11.7. The molecule has 98 valence electrons. The van der Waals surface area contributed by atoms with Gasteiger partial charge in [0.15, 0.2) is 0 Å². The van der Waals surface area contributed by atoms with Crippen molar-refractivity contribution in [1.29, 1.82) is 0 Å². The largest absolute Gasteiger partial charge is 0.444 e. The number of ether oxygens (including phenoxy) is 1. The molecule has 1 rings (SSSR count). The third kappa shape index (κ3) is 4.06. The molecule has 1 amide bonds. The summed E-state index contributed by atoms with van der Waals surface area (Å²) in [4.78, 5) is 14.1. The van der Waals surface area contributed by atoms with Crippen LogP contribution in [0.25, 0.3) is 0 Å². The number of allylic oxidation sites excluding steroid dienone is 1. The van der Waals surface area contributed by atoms with Gasteiger partial charge in [-0.25, -0.2) is 4.79 Å². The highest BCUT2D eigenvalue weighted by atomic mass is 16.6. The normalized spacial score (nSPS) is 26.3. The lowest BCUT2D eigenvalue weighted by atomic mass is 9.96. The molecule has 1 saturated heterocycles. The molecule has 1 aliphatic rings. The van der Waals surface area contributed by atoms with E-state index in [1.54, 1.807) is 0 Å². The minimum absolute atomic E-state index is 0.187. The Morgan fingerprint density at radius 3 is 2.53 bits per heavy atom. The minimum atomic E-state index is -0.422. The van der Waals surface area contributed by atoms with Gasteiger partial charge in [-0.2, -0.15) is 0 Å². The van der Waals surface area contributed by atoms with Crippen LogP contribution in [0.5, 0.6) is 0 Å². The summed E-state index contributed by atoms with van der Waals surface area (Å²) in [5.41, 5.74) is -0.422. The zero-order chi connectivity index (χ0) is 13.1. The molecule has 0 aliphatic carbocycles. The molecule has 0 spiro atoms. The smallest absolute Gasteiger partial charge is 0.411 e. The highest BCUT2D eigenvalue weighted by Gasteiger charge is 2.33. The van der Waals surface area contributed by atoms with Gasteiger partial charge in [0, 0.05) is 6.04 Å². The van der Waals surface area contributed by atoms with Gasteiger partial charge in [0.25, 0.3) is 0 Å². The molecule has 2 atom stereocenters. The van der Waals surface area contributed by atoms with E-state index in [1.165, 1.54) is 6.42 Å². The number of rotatable bonds is 1. The van der Waals surface area contributed by atoms with Crippen LogP contribution < -0.4 is 0 Å². The number of carbonyl (C=O) groups is 1. The Balaban J connectivity index is 2.78. The summed E-state index contributed by atoms with van der Waals surface area (Å²) in [6.45, 7) is 9.81. The summed E-state index contributed by atoms with van der Waals surface area (Å²) < 4.78 is 5.48. The predicted molar refractivity (Wildman–Crippen MR) is 70.0 cm³/mol. The van der Waals surface area contributed by atoms with Crippen LogP contribution in [-0.2, 0) is 4.74 Å². The Morgan fingerprint density at radius 1 is 1.35 bits per heavy atom. The molecule has 0 N–H and O–H groups in total. The average molecular weight is 239 g/mol. The molecule has 0 bridgehead atoms. The summed E-state index contributed by atoms with van der Waals surface area (Å²) in [7, 11) is 0. The van der Waals surface area contributed by atoms with Crippen LogP contribution in [0.4, 0.5) is 4.79 Å². The topological polar surface area (TPSA) is 29.5 Å². The summed E-state index contributed by atoms with van der Waals surface area (Å²) in [5.74, 6) is 0. The van der Waals surface area contributed by atoms with E-state index >= 15 is 0 Å². The highest BCUT2D eigenvalue weighted by molar-refractivity contribution is 5.69. The van der Waals surface area contributed by atoms with Crippen molar-refractivity contribution in [3.8, 4) is 0 Å². The van der Waals surface area contributed by atoms with Crippen LogP contribution in [0.3, 0.4) is 0 Å². The SMILES string of the molecule is C/C=C/[C@@H]1CCC[C@H](C)N1C(=O)OC(C)(C)C. The maximum absolute atomic E-state index is 12.2. The van der Waals surface area contributed by atoms with Crippen molar-refractivity contribution >= 4 is 6.09 Å². The van der Waals surface area contributed by atoms with E-state index in [9.17, 15) is 4.79 Å². The molecule has 1 aliphatic heterocycles. The third-order valence-electron chi connectivity index (χ3n) is 2.97. The van der Waals surface area contributed by atoms with Gasteiger partial charge in [-0.05, 0) is 53.9 Å². The van der Waals surface area contributed by atoms with Gasteiger partial charge in [-0.15, -0.1) is 0 Å².